The largest absolute Gasteiger partial charge is 0.465 e. The molecule has 1 heterocycles. The molecule has 7 nitrogen and oxygen atoms in total. The van der Waals surface area contributed by atoms with Crippen LogP contribution in [0.15, 0.2) is 0 Å². The highest BCUT2D eigenvalue weighted by Crippen LogP contribution is 2.19. The molecule has 0 saturated carbocycles. The molecule has 0 bridgehead atoms. The van der Waals surface area contributed by atoms with Crippen molar-refractivity contribution in [3.63, 3.8) is 0 Å². The molecule has 0 aliphatic heterocycles. The van der Waals surface area contributed by atoms with Gasteiger partial charge in [0.25, 0.3) is 5.91 Å². The van der Waals surface area contributed by atoms with Gasteiger partial charge in [-0.3, -0.25) is 4.79 Å². The number of rotatable bonds is 5. The molecule has 0 radical (unpaired) electrons. The van der Waals surface area contributed by atoms with Gasteiger partial charge in [-0.2, -0.15) is 0 Å². The highest BCUT2D eigenvalue weighted by Gasteiger charge is 2.23. The molecule has 1 amide bonds. The minimum Gasteiger partial charge on any atom is -0.465 e. The van der Waals surface area contributed by atoms with E-state index in [9.17, 15) is 14.4 Å². The summed E-state index contributed by atoms with van der Waals surface area (Å²) in [5.41, 5.74) is 1.40. The number of carbonyl (C=O) groups is 3. The van der Waals surface area contributed by atoms with Gasteiger partial charge in [-0.15, -0.1) is 0 Å². The Bertz CT molecular complexity index is 560. The van der Waals surface area contributed by atoms with Crippen molar-refractivity contribution in [3.05, 3.63) is 22.5 Å². The number of hydrogen-bond acceptors (Lipinski definition) is 5. The van der Waals surface area contributed by atoms with Gasteiger partial charge in [-0.1, -0.05) is 0 Å². The van der Waals surface area contributed by atoms with E-state index in [0.29, 0.717) is 16.8 Å². The van der Waals surface area contributed by atoms with E-state index in [2.05, 4.69) is 15.0 Å². The van der Waals surface area contributed by atoms with Crippen LogP contribution in [0.2, 0.25) is 0 Å². The smallest absolute Gasteiger partial charge is 0.355 e. The number of hydrogen-bond donors (Lipinski definition) is 2. The quantitative estimate of drug-likeness (QED) is 0.793. The maximum Gasteiger partial charge on any atom is 0.355 e. The molecule has 0 aliphatic carbocycles. The number of amides is 1. The number of carbonyl (C=O) groups excluding carboxylic acids is 3. The molecule has 0 unspecified atom stereocenters. The molecule has 116 valence electrons. The second-order valence-corrected chi connectivity index (χ2v) is 4.91. The highest BCUT2D eigenvalue weighted by molar-refractivity contribution is 5.99. The van der Waals surface area contributed by atoms with Crippen molar-refractivity contribution in [2.45, 2.75) is 33.7 Å². The van der Waals surface area contributed by atoms with Crippen LogP contribution < -0.4 is 5.32 Å². The van der Waals surface area contributed by atoms with Crippen LogP contribution in [0.25, 0.3) is 0 Å². The van der Waals surface area contributed by atoms with E-state index in [1.165, 1.54) is 7.11 Å². The van der Waals surface area contributed by atoms with Crippen molar-refractivity contribution in [3.8, 4) is 0 Å². The molecular weight excluding hydrogens is 276 g/mol. The van der Waals surface area contributed by atoms with Gasteiger partial charge in [0, 0.05) is 11.7 Å². The first-order valence-electron chi connectivity index (χ1n) is 6.51. The van der Waals surface area contributed by atoms with Gasteiger partial charge in [0.2, 0.25) is 0 Å². The van der Waals surface area contributed by atoms with Gasteiger partial charge in [0.05, 0.1) is 12.7 Å². The Labute approximate surface area is 123 Å². The first-order chi connectivity index (χ1) is 9.77. The number of esters is 2. The Hall–Kier alpha value is -2.31. The Kier molecular flexibility index (Phi) is 5.52. The lowest BCUT2D eigenvalue weighted by atomic mass is 10.1. The third-order valence-corrected chi connectivity index (χ3v) is 2.82. The number of nitrogens with one attached hydrogen (secondary N) is 2. The Morgan fingerprint density at radius 3 is 2.33 bits per heavy atom. The maximum atomic E-state index is 11.9. The summed E-state index contributed by atoms with van der Waals surface area (Å²) in [5, 5.41) is 2.61. The molecule has 2 N–H and O–H groups in total. The Morgan fingerprint density at radius 2 is 1.81 bits per heavy atom. The Balaban J connectivity index is 2.80. The summed E-state index contributed by atoms with van der Waals surface area (Å²) in [4.78, 5) is 37.8. The summed E-state index contributed by atoms with van der Waals surface area (Å²) in [6, 6.07) is -0.0309. The third-order valence-electron chi connectivity index (χ3n) is 2.82. The van der Waals surface area contributed by atoms with Crippen molar-refractivity contribution >= 4 is 17.8 Å². The standard InChI is InChI=1S/C14H20N2O5/c1-7(2)15-10(17)6-21-14(19)12-8(3)11(9(4)16-12)13(18)20-5/h7,16H,6H2,1-5H3,(H,15,17). The molecule has 1 rings (SSSR count). The molecule has 1 aromatic heterocycles. The number of aromatic amines is 1. The molecule has 0 spiro atoms. The predicted octanol–water partition coefficient (Wildman–Crippen LogP) is 1.10. The fourth-order valence-electron chi connectivity index (χ4n) is 1.93. The van der Waals surface area contributed by atoms with Crippen molar-refractivity contribution in [1.82, 2.24) is 10.3 Å². The first-order valence-corrected chi connectivity index (χ1v) is 6.51. The summed E-state index contributed by atoms with van der Waals surface area (Å²) in [7, 11) is 1.27. The van der Waals surface area contributed by atoms with Crippen LogP contribution in [0.4, 0.5) is 0 Å². The molecule has 0 aliphatic rings. The van der Waals surface area contributed by atoms with Crippen LogP contribution in [0.5, 0.6) is 0 Å². The van der Waals surface area contributed by atoms with Gasteiger partial charge in [-0.25, -0.2) is 9.59 Å². The second kappa shape index (κ2) is 6.92. The fraction of sp³-hybridized carbons (Fsp3) is 0.500. The van der Waals surface area contributed by atoms with Gasteiger partial charge in [-0.05, 0) is 33.3 Å². The van der Waals surface area contributed by atoms with E-state index in [1.807, 2.05) is 0 Å². The minimum atomic E-state index is -0.690. The number of H-pyrrole nitrogens is 1. The number of methoxy groups -OCH3 is 1. The van der Waals surface area contributed by atoms with Gasteiger partial charge in [0.1, 0.15) is 5.69 Å². The summed E-state index contributed by atoms with van der Waals surface area (Å²) in [6.07, 6.45) is 0. The molecule has 1 aromatic rings. The normalized spacial score (nSPS) is 10.4. The zero-order valence-electron chi connectivity index (χ0n) is 12.8. The Morgan fingerprint density at radius 1 is 1.19 bits per heavy atom. The molecule has 0 atom stereocenters. The van der Waals surface area contributed by atoms with Crippen LogP contribution in [0.3, 0.4) is 0 Å². The van der Waals surface area contributed by atoms with Crippen LogP contribution in [-0.2, 0) is 14.3 Å². The number of aromatic nitrogens is 1. The van der Waals surface area contributed by atoms with E-state index in [1.54, 1.807) is 27.7 Å². The zero-order chi connectivity index (χ0) is 16.2. The summed E-state index contributed by atoms with van der Waals surface area (Å²) in [6.45, 7) is 6.51. The van der Waals surface area contributed by atoms with Crippen molar-refractivity contribution in [2.75, 3.05) is 13.7 Å². The lowest BCUT2D eigenvalue weighted by Gasteiger charge is -2.08. The molecule has 21 heavy (non-hydrogen) atoms. The van der Waals surface area contributed by atoms with E-state index < -0.39 is 11.9 Å². The zero-order valence-corrected chi connectivity index (χ0v) is 12.8. The van der Waals surface area contributed by atoms with E-state index >= 15 is 0 Å². The van der Waals surface area contributed by atoms with E-state index in [4.69, 9.17) is 4.74 Å². The van der Waals surface area contributed by atoms with Crippen LogP contribution in [-0.4, -0.2) is 42.6 Å². The van der Waals surface area contributed by atoms with Crippen LogP contribution >= 0.6 is 0 Å². The van der Waals surface area contributed by atoms with Crippen molar-refractivity contribution in [1.29, 1.82) is 0 Å². The summed E-state index contributed by atoms with van der Waals surface area (Å²) >= 11 is 0. The maximum absolute atomic E-state index is 11.9. The van der Waals surface area contributed by atoms with E-state index in [0.717, 1.165) is 0 Å². The van der Waals surface area contributed by atoms with Gasteiger partial charge >= 0.3 is 11.9 Å². The molecule has 0 saturated heterocycles. The lowest BCUT2D eigenvalue weighted by molar-refractivity contribution is -0.124. The van der Waals surface area contributed by atoms with E-state index in [-0.39, 0.29) is 24.2 Å². The van der Waals surface area contributed by atoms with Crippen molar-refractivity contribution < 1.29 is 23.9 Å². The monoisotopic (exact) mass is 296 g/mol. The molecule has 0 fully saturated rings. The first kappa shape index (κ1) is 16.7. The average Bonchev–Trinajstić information content (AvgIpc) is 2.70. The predicted molar refractivity (Wildman–Crippen MR) is 75.2 cm³/mol. The third kappa shape index (κ3) is 4.08. The molecular formula is C14H20N2O5. The lowest BCUT2D eigenvalue weighted by Crippen LogP contribution is -2.34. The SMILES string of the molecule is COC(=O)c1c(C)[nH]c(C(=O)OCC(=O)NC(C)C)c1C. The highest BCUT2D eigenvalue weighted by atomic mass is 16.5. The molecule has 0 aromatic carbocycles. The summed E-state index contributed by atoms with van der Waals surface area (Å²) < 4.78 is 9.58. The average molecular weight is 296 g/mol. The summed E-state index contributed by atoms with van der Waals surface area (Å²) in [5.74, 6) is -1.60. The topological polar surface area (TPSA) is 97.5 Å². The molecule has 7 heteroatoms. The van der Waals surface area contributed by atoms with Crippen LogP contribution in [0.1, 0.15) is 46.0 Å². The number of ether oxygens (including phenoxy) is 2. The minimum absolute atomic E-state index is 0.0309. The fourth-order valence-corrected chi connectivity index (χ4v) is 1.93. The van der Waals surface area contributed by atoms with Crippen LogP contribution in [0, 0.1) is 13.8 Å². The second-order valence-electron chi connectivity index (χ2n) is 4.91. The van der Waals surface area contributed by atoms with Gasteiger partial charge in [0.15, 0.2) is 6.61 Å². The van der Waals surface area contributed by atoms with Crippen molar-refractivity contribution in [2.24, 2.45) is 0 Å². The number of aryl methyl sites for hydroxylation is 1. The van der Waals surface area contributed by atoms with Gasteiger partial charge < -0.3 is 19.8 Å².